The van der Waals surface area contributed by atoms with E-state index >= 15 is 0 Å². The first-order valence-electron chi connectivity index (χ1n) is 6.43. The van der Waals surface area contributed by atoms with Crippen molar-refractivity contribution in [2.75, 3.05) is 19.6 Å². The first kappa shape index (κ1) is 14.0. The minimum Gasteiger partial charge on any atom is -0.356 e. The number of piperidine rings is 1. The fourth-order valence-electron chi connectivity index (χ4n) is 2.17. The van der Waals surface area contributed by atoms with Gasteiger partial charge in [0.1, 0.15) is 0 Å². The highest BCUT2D eigenvalue weighted by Crippen LogP contribution is 2.23. The Balaban J connectivity index is 2.61. The van der Waals surface area contributed by atoms with Gasteiger partial charge in [-0.3, -0.25) is 9.59 Å². The number of nitrogens with zero attached hydrogens (tertiary/aromatic N) is 1. The van der Waals surface area contributed by atoms with Crippen LogP contribution in [0.4, 0.5) is 0 Å². The Bertz CT molecular complexity index is 294. The topological polar surface area (TPSA) is 49.4 Å². The van der Waals surface area contributed by atoms with Crippen LogP contribution in [0.2, 0.25) is 0 Å². The molecule has 0 aromatic rings. The number of rotatable bonds is 2. The Kier molecular flexibility index (Phi) is 4.54. The zero-order chi connectivity index (χ0) is 13.1. The monoisotopic (exact) mass is 240 g/mol. The maximum Gasteiger partial charge on any atom is 0.227 e. The zero-order valence-corrected chi connectivity index (χ0v) is 11.4. The molecular formula is C13H24N2O2. The second kappa shape index (κ2) is 5.52. The van der Waals surface area contributed by atoms with Gasteiger partial charge < -0.3 is 10.2 Å². The van der Waals surface area contributed by atoms with Crippen molar-refractivity contribution in [2.45, 2.75) is 40.5 Å². The van der Waals surface area contributed by atoms with Crippen LogP contribution in [0.1, 0.15) is 40.5 Å². The SMILES string of the molecule is CCNC(=O)C1CCCN(C(=O)C(C)(C)C)C1. The van der Waals surface area contributed by atoms with Gasteiger partial charge in [-0.05, 0) is 19.8 Å². The predicted octanol–water partition coefficient (Wildman–Crippen LogP) is 1.41. The Morgan fingerprint density at radius 1 is 1.35 bits per heavy atom. The summed E-state index contributed by atoms with van der Waals surface area (Å²) >= 11 is 0. The molecule has 1 heterocycles. The molecule has 0 bridgehead atoms. The lowest BCUT2D eigenvalue weighted by molar-refractivity contribution is -0.142. The molecule has 0 radical (unpaired) electrons. The molecule has 1 N–H and O–H groups in total. The summed E-state index contributed by atoms with van der Waals surface area (Å²) < 4.78 is 0. The summed E-state index contributed by atoms with van der Waals surface area (Å²) in [4.78, 5) is 25.7. The number of hydrogen-bond acceptors (Lipinski definition) is 2. The average molecular weight is 240 g/mol. The normalized spacial score (nSPS) is 21.2. The van der Waals surface area contributed by atoms with Crippen molar-refractivity contribution in [3.63, 3.8) is 0 Å². The minimum absolute atomic E-state index is 0.0324. The number of nitrogens with one attached hydrogen (secondary N) is 1. The Hall–Kier alpha value is -1.06. The molecule has 1 atom stereocenters. The van der Waals surface area contributed by atoms with Gasteiger partial charge in [-0.2, -0.15) is 0 Å². The number of carbonyl (C=O) groups is 2. The van der Waals surface area contributed by atoms with E-state index in [2.05, 4.69) is 5.32 Å². The molecule has 0 aromatic heterocycles. The van der Waals surface area contributed by atoms with E-state index in [4.69, 9.17) is 0 Å². The Labute approximate surface area is 104 Å². The number of likely N-dealkylation sites (tertiary alicyclic amines) is 1. The number of amides is 2. The molecule has 1 unspecified atom stereocenters. The third-order valence-electron chi connectivity index (χ3n) is 3.07. The van der Waals surface area contributed by atoms with E-state index in [9.17, 15) is 9.59 Å². The van der Waals surface area contributed by atoms with Gasteiger partial charge in [0, 0.05) is 25.0 Å². The molecule has 17 heavy (non-hydrogen) atoms. The molecule has 1 fully saturated rings. The van der Waals surface area contributed by atoms with E-state index in [-0.39, 0.29) is 23.1 Å². The van der Waals surface area contributed by atoms with Gasteiger partial charge in [0.05, 0.1) is 5.92 Å². The van der Waals surface area contributed by atoms with Gasteiger partial charge >= 0.3 is 0 Å². The molecule has 0 saturated carbocycles. The van der Waals surface area contributed by atoms with Crippen LogP contribution >= 0.6 is 0 Å². The molecule has 1 aliphatic heterocycles. The van der Waals surface area contributed by atoms with Crippen LogP contribution < -0.4 is 5.32 Å². The summed E-state index contributed by atoms with van der Waals surface area (Å²) in [6.45, 7) is 9.69. The molecule has 0 spiro atoms. The van der Waals surface area contributed by atoms with Crippen molar-refractivity contribution in [2.24, 2.45) is 11.3 Å². The van der Waals surface area contributed by atoms with E-state index in [1.807, 2.05) is 32.6 Å². The lowest BCUT2D eigenvalue weighted by atomic mass is 9.91. The molecule has 4 heteroatoms. The fraction of sp³-hybridized carbons (Fsp3) is 0.846. The third-order valence-corrected chi connectivity index (χ3v) is 3.07. The largest absolute Gasteiger partial charge is 0.356 e. The molecule has 1 aliphatic rings. The smallest absolute Gasteiger partial charge is 0.227 e. The van der Waals surface area contributed by atoms with E-state index in [0.717, 1.165) is 19.4 Å². The number of hydrogen-bond donors (Lipinski definition) is 1. The van der Waals surface area contributed by atoms with Crippen molar-refractivity contribution in [3.05, 3.63) is 0 Å². The second-order valence-corrected chi connectivity index (χ2v) is 5.73. The molecule has 2 amide bonds. The maximum atomic E-state index is 12.1. The van der Waals surface area contributed by atoms with Gasteiger partial charge in [-0.15, -0.1) is 0 Å². The lowest BCUT2D eigenvalue weighted by Crippen LogP contribution is -2.48. The third kappa shape index (κ3) is 3.72. The second-order valence-electron chi connectivity index (χ2n) is 5.73. The average Bonchev–Trinajstić information content (AvgIpc) is 2.27. The number of carbonyl (C=O) groups excluding carboxylic acids is 2. The minimum atomic E-state index is -0.358. The van der Waals surface area contributed by atoms with Gasteiger partial charge in [-0.25, -0.2) is 0 Å². The van der Waals surface area contributed by atoms with Crippen LogP contribution in [-0.4, -0.2) is 36.3 Å². The highest BCUT2D eigenvalue weighted by Gasteiger charge is 2.33. The Morgan fingerprint density at radius 2 is 2.00 bits per heavy atom. The van der Waals surface area contributed by atoms with Gasteiger partial charge in [0.2, 0.25) is 11.8 Å². The molecule has 1 rings (SSSR count). The van der Waals surface area contributed by atoms with Crippen LogP contribution in [0.3, 0.4) is 0 Å². The summed E-state index contributed by atoms with van der Waals surface area (Å²) in [7, 11) is 0. The summed E-state index contributed by atoms with van der Waals surface area (Å²) in [5, 5.41) is 2.84. The van der Waals surface area contributed by atoms with E-state index in [1.165, 1.54) is 0 Å². The zero-order valence-electron chi connectivity index (χ0n) is 11.4. The van der Waals surface area contributed by atoms with Gasteiger partial charge in [0.15, 0.2) is 0 Å². The fourth-order valence-corrected chi connectivity index (χ4v) is 2.17. The lowest BCUT2D eigenvalue weighted by Gasteiger charge is -2.35. The molecule has 0 aliphatic carbocycles. The predicted molar refractivity (Wildman–Crippen MR) is 67.4 cm³/mol. The van der Waals surface area contributed by atoms with Crippen molar-refractivity contribution in [1.29, 1.82) is 0 Å². The summed E-state index contributed by atoms with van der Waals surface area (Å²) in [5.41, 5.74) is -0.358. The van der Waals surface area contributed by atoms with Crippen LogP contribution in [0.15, 0.2) is 0 Å². The van der Waals surface area contributed by atoms with Gasteiger partial charge in [0.25, 0.3) is 0 Å². The van der Waals surface area contributed by atoms with E-state index in [1.54, 1.807) is 0 Å². The molecule has 1 saturated heterocycles. The van der Waals surface area contributed by atoms with Crippen LogP contribution in [0.5, 0.6) is 0 Å². The van der Waals surface area contributed by atoms with Crippen molar-refractivity contribution < 1.29 is 9.59 Å². The maximum absolute atomic E-state index is 12.1. The quantitative estimate of drug-likeness (QED) is 0.793. The van der Waals surface area contributed by atoms with Crippen LogP contribution in [0, 0.1) is 11.3 Å². The first-order chi connectivity index (χ1) is 7.86. The summed E-state index contributed by atoms with van der Waals surface area (Å²) in [6, 6.07) is 0. The Morgan fingerprint density at radius 3 is 2.53 bits per heavy atom. The molecule has 4 nitrogen and oxygen atoms in total. The van der Waals surface area contributed by atoms with Crippen LogP contribution in [-0.2, 0) is 9.59 Å². The van der Waals surface area contributed by atoms with Crippen molar-refractivity contribution >= 4 is 11.8 Å². The highest BCUT2D eigenvalue weighted by atomic mass is 16.2. The van der Waals surface area contributed by atoms with E-state index < -0.39 is 0 Å². The van der Waals surface area contributed by atoms with E-state index in [0.29, 0.717) is 13.1 Å². The van der Waals surface area contributed by atoms with Crippen LogP contribution in [0.25, 0.3) is 0 Å². The van der Waals surface area contributed by atoms with Gasteiger partial charge in [-0.1, -0.05) is 20.8 Å². The standard InChI is InChI=1S/C13H24N2O2/c1-5-14-11(16)10-7-6-8-15(9-10)12(17)13(2,3)4/h10H,5-9H2,1-4H3,(H,14,16). The molecule has 98 valence electrons. The first-order valence-corrected chi connectivity index (χ1v) is 6.43. The van der Waals surface area contributed by atoms with Crippen molar-refractivity contribution in [1.82, 2.24) is 10.2 Å². The molecular weight excluding hydrogens is 216 g/mol. The molecule has 0 aromatic carbocycles. The highest BCUT2D eigenvalue weighted by molar-refractivity contribution is 5.83. The van der Waals surface area contributed by atoms with Crippen molar-refractivity contribution in [3.8, 4) is 0 Å². The summed E-state index contributed by atoms with van der Waals surface area (Å²) in [5.74, 6) is 0.195. The summed E-state index contributed by atoms with van der Waals surface area (Å²) in [6.07, 6.45) is 1.81.